The summed E-state index contributed by atoms with van der Waals surface area (Å²) in [5.41, 5.74) is 3.28. The number of aromatic nitrogens is 1. The molecule has 1 N–H and O–H groups in total. The first-order valence-corrected chi connectivity index (χ1v) is 11.9. The number of carbonyl (C=O) groups is 1. The minimum absolute atomic E-state index is 0.0971. The number of rotatable bonds is 7. The van der Waals surface area contributed by atoms with Gasteiger partial charge in [-0.25, -0.2) is 18.0 Å². The SMILES string of the molecule is [C-]#[N+]c1c(-c2ccc(OCc3ccccc3C#N)cc2)c(C(=O)NS(C)(=O)=O)n(C)c1CC. The third-order valence-corrected chi connectivity index (χ3v) is 5.66. The number of hydrogen-bond acceptors (Lipinski definition) is 5. The van der Waals surface area contributed by atoms with Crippen molar-refractivity contribution < 1.29 is 17.9 Å². The van der Waals surface area contributed by atoms with E-state index in [1.807, 2.05) is 23.8 Å². The van der Waals surface area contributed by atoms with Crippen LogP contribution in [-0.2, 0) is 30.1 Å². The standard InChI is InChI=1S/C24H22N4O4S/c1-5-20-22(26-2)21(23(28(20)3)24(29)27-33(4,30)31)16-10-12-19(13-11-16)32-15-18-9-7-6-8-17(18)14-25/h6-13H,5,15H2,1,3-4H3,(H,27,29). The maximum atomic E-state index is 12.8. The zero-order valence-corrected chi connectivity index (χ0v) is 19.2. The number of ether oxygens (including phenoxy) is 1. The highest BCUT2D eigenvalue weighted by Gasteiger charge is 2.27. The fraction of sp³-hybridized carbons (Fsp3) is 0.208. The van der Waals surface area contributed by atoms with E-state index in [0.29, 0.717) is 40.2 Å². The molecule has 9 heteroatoms. The van der Waals surface area contributed by atoms with Gasteiger partial charge in [0.1, 0.15) is 18.1 Å². The molecule has 0 bridgehead atoms. The first kappa shape index (κ1) is 23.6. The summed E-state index contributed by atoms with van der Waals surface area (Å²) >= 11 is 0. The van der Waals surface area contributed by atoms with E-state index in [-0.39, 0.29) is 12.3 Å². The van der Waals surface area contributed by atoms with Crippen LogP contribution in [0.3, 0.4) is 0 Å². The second-order valence-electron chi connectivity index (χ2n) is 7.33. The number of sulfonamides is 1. The predicted octanol–water partition coefficient (Wildman–Crippen LogP) is 3.95. The van der Waals surface area contributed by atoms with Crippen LogP contribution >= 0.6 is 0 Å². The van der Waals surface area contributed by atoms with Gasteiger partial charge in [-0.3, -0.25) is 4.79 Å². The minimum atomic E-state index is -3.78. The molecule has 0 aliphatic heterocycles. The van der Waals surface area contributed by atoms with Crippen molar-refractivity contribution in [3.8, 4) is 22.9 Å². The lowest BCUT2D eigenvalue weighted by molar-refractivity contribution is 0.0974. The van der Waals surface area contributed by atoms with Gasteiger partial charge < -0.3 is 9.30 Å². The Labute approximate surface area is 192 Å². The zero-order chi connectivity index (χ0) is 24.2. The molecule has 1 amide bonds. The lowest BCUT2D eigenvalue weighted by Crippen LogP contribution is -2.31. The quantitative estimate of drug-likeness (QED) is 0.535. The molecule has 2 aromatic carbocycles. The fourth-order valence-corrected chi connectivity index (χ4v) is 4.07. The summed E-state index contributed by atoms with van der Waals surface area (Å²) in [6.07, 6.45) is 1.40. The topological polar surface area (TPSA) is 106 Å². The molecule has 3 aromatic rings. The van der Waals surface area contributed by atoms with Crippen LogP contribution in [-0.4, -0.2) is 25.1 Å². The van der Waals surface area contributed by atoms with E-state index in [4.69, 9.17) is 11.3 Å². The highest BCUT2D eigenvalue weighted by atomic mass is 32.2. The van der Waals surface area contributed by atoms with Gasteiger partial charge in [0.05, 0.1) is 24.5 Å². The molecule has 0 radical (unpaired) electrons. The maximum Gasteiger partial charge on any atom is 0.280 e. The molecule has 1 heterocycles. The summed E-state index contributed by atoms with van der Waals surface area (Å²) in [6.45, 7) is 9.74. The van der Waals surface area contributed by atoms with Gasteiger partial charge in [0.2, 0.25) is 15.7 Å². The first-order valence-electron chi connectivity index (χ1n) is 10.0. The Morgan fingerprint density at radius 3 is 2.45 bits per heavy atom. The second kappa shape index (κ2) is 9.60. The number of carbonyl (C=O) groups excluding carboxylic acids is 1. The van der Waals surface area contributed by atoms with Gasteiger partial charge >= 0.3 is 0 Å². The Morgan fingerprint density at radius 2 is 1.88 bits per heavy atom. The number of hydrogen-bond donors (Lipinski definition) is 1. The highest BCUT2D eigenvalue weighted by molar-refractivity contribution is 7.89. The van der Waals surface area contributed by atoms with Crippen LogP contribution in [0.2, 0.25) is 0 Å². The average molecular weight is 463 g/mol. The molecule has 0 unspecified atom stereocenters. The molecule has 0 atom stereocenters. The molecule has 8 nitrogen and oxygen atoms in total. The summed E-state index contributed by atoms with van der Waals surface area (Å²) in [5.74, 6) is -0.252. The third kappa shape index (κ3) is 5.05. The zero-order valence-electron chi connectivity index (χ0n) is 18.4. The highest BCUT2D eigenvalue weighted by Crippen LogP contribution is 2.40. The second-order valence-corrected chi connectivity index (χ2v) is 9.08. The first-order chi connectivity index (χ1) is 15.7. The number of nitriles is 1. The van der Waals surface area contributed by atoms with Crippen molar-refractivity contribution in [2.45, 2.75) is 20.0 Å². The van der Waals surface area contributed by atoms with Gasteiger partial charge in [-0.2, -0.15) is 5.26 Å². The van der Waals surface area contributed by atoms with Crippen molar-refractivity contribution in [2.24, 2.45) is 7.05 Å². The van der Waals surface area contributed by atoms with Crippen LogP contribution < -0.4 is 9.46 Å². The van der Waals surface area contributed by atoms with Gasteiger partial charge in [-0.05, 0) is 30.2 Å². The summed E-state index contributed by atoms with van der Waals surface area (Å²) in [7, 11) is -2.15. The Balaban J connectivity index is 1.98. The molecule has 0 aliphatic carbocycles. The van der Waals surface area contributed by atoms with E-state index in [9.17, 15) is 18.5 Å². The molecular formula is C24H22N4O4S. The van der Waals surface area contributed by atoms with Crippen LogP contribution in [0.4, 0.5) is 5.69 Å². The predicted molar refractivity (Wildman–Crippen MR) is 124 cm³/mol. The molecule has 168 valence electrons. The minimum Gasteiger partial charge on any atom is -0.489 e. The number of nitrogens with zero attached hydrogens (tertiary/aromatic N) is 3. The van der Waals surface area contributed by atoms with E-state index in [2.05, 4.69) is 10.9 Å². The van der Waals surface area contributed by atoms with Crippen molar-refractivity contribution >= 4 is 21.6 Å². The Kier molecular flexibility index (Phi) is 6.86. The summed E-state index contributed by atoms with van der Waals surface area (Å²) < 4.78 is 32.6. The van der Waals surface area contributed by atoms with E-state index < -0.39 is 15.9 Å². The van der Waals surface area contributed by atoms with E-state index in [0.717, 1.165) is 11.8 Å². The van der Waals surface area contributed by atoms with Crippen LogP contribution in [0.15, 0.2) is 48.5 Å². The van der Waals surface area contributed by atoms with Crippen molar-refractivity contribution in [2.75, 3.05) is 6.26 Å². The molecular weight excluding hydrogens is 440 g/mol. The third-order valence-electron chi connectivity index (χ3n) is 5.10. The Bertz CT molecular complexity index is 1390. The molecule has 1 aromatic heterocycles. The normalized spacial score (nSPS) is 10.8. The van der Waals surface area contributed by atoms with E-state index in [1.54, 1.807) is 48.0 Å². The van der Waals surface area contributed by atoms with Crippen molar-refractivity contribution in [1.82, 2.24) is 9.29 Å². The summed E-state index contributed by atoms with van der Waals surface area (Å²) in [6, 6.07) is 16.1. The van der Waals surface area contributed by atoms with E-state index in [1.165, 1.54) is 0 Å². The van der Waals surface area contributed by atoms with Gasteiger partial charge in [0.15, 0.2) is 0 Å². The molecule has 0 aliphatic rings. The number of nitrogens with one attached hydrogen (secondary N) is 1. The van der Waals surface area contributed by atoms with Crippen molar-refractivity contribution in [3.63, 3.8) is 0 Å². The fourth-order valence-electron chi connectivity index (χ4n) is 3.63. The largest absolute Gasteiger partial charge is 0.489 e. The summed E-state index contributed by atoms with van der Waals surface area (Å²) in [4.78, 5) is 16.4. The van der Waals surface area contributed by atoms with Gasteiger partial charge in [-0.15, -0.1) is 0 Å². The van der Waals surface area contributed by atoms with Crippen LogP contribution in [0.1, 0.15) is 34.2 Å². The monoisotopic (exact) mass is 462 g/mol. The maximum absolute atomic E-state index is 12.8. The van der Waals surface area contributed by atoms with Crippen LogP contribution in [0.25, 0.3) is 16.0 Å². The molecule has 0 saturated heterocycles. The Hall–Kier alpha value is -4.08. The van der Waals surface area contributed by atoms with Gasteiger partial charge in [0, 0.05) is 23.9 Å². The van der Waals surface area contributed by atoms with Crippen LogP contribution in [0, 0.1) is 17.9 Å². The number of benzene rings is 2. The molecule has 0 saturated carbocycles. The number of amides is 1. The van der Waals surface area contributed by atoms with E-state index >= 15 is 0 Å². The van der Waals surface area contributed by atoms with Crippen molar-refractivity contribution in [3.05, 3.63) is 82.5 Å². The van der Waals surface area contributed by atoms with Gasteiger partial charge in [0.25, 0.3) is 5.91 Å². The molecule has 33 heavy (non-hydrogen) atoms. The average Bonchev–Trinajstić information content (AvgIpc) is 3.08. The smallest absolute Gasteiger partial charge is 0.280 e. The van der Waals surface area contributed by atoms with Crippen molar-refractivity contribution in [1.29, 1.82) is 5.26 Å². The molecule has 3 rings (SSSR count). The molecule has 0 spiro atoms. The summed E-state index contributed by atoms with van der Waals surface area (Å²) in [5, 5.41) is 9.21. The van der Waals surface area contributed by atoms with Crippen LogP contribution in [0.5, 0.6) is 5.75 Å². The lowest BCUT2D eigenvalue weighted by Gasteiger charge is -2.11. The lowest BCUT2D eigenvalue weighted by atomic mass is 10.0. The van der Waals surface area contributed by atoms with Gasteiger partial charge in [-0.1, -0.05) is 37.3 Å². The molecule has 0 fully saturated rings. The Morgan fingerprint density at radius 1 is 1.21 bits per heavy atom.